The van der Waals surface area contributed by atoms with Crippen LogP contribution in [0, 0.1) is 12.8 Å². The van der Waals surface area contributed by atoms with E-state index in [-0.39, 0.29) is 0 Å². The highest BCUT2D eigenvalue weighted by Gasteiger charge is 2.13. The lowest BCUT2D eigenvalue weighted by Gasteiger charge is -2.25. The van der Waals surface area contributed by atoms with Crippen molar-refractivity contribution in [3.63, 3.8) is 0 Å². The fourth-order valence-corrected chi connectivity index (χ4v) is 1.71. The number of nitrogen functional groups attached to an aromatic ring is 1. The predicted octanol–water partition coefficient (Wildman–Crippen LogP) is 1.55. The van der Waals surface area contributed by atoms with E-state index in [1.54, 1.807) is 6.33 Å². The maximum Gasteiger partial charge on any atom is 0.148 e. The first-order chi connectivity index (χ1) is 7.60. The highest BCUT2D eigenvalue weighted by Crippen LogP contribution is 2.21. The Hall–Kier alpha value is -1.36. The molecule has 90 valence electrons. The summed E-state index contributed by atoms with van der Waals surface area (Å²) in [5.74, 6) is 7.65. The molecule has 0 fully saturated rings. The minimum atomic E-state index is 0.601. The average Bonchev–Trinajstić information content (AvgIpc) is 2.26. The van der Waals surface area contributed by atoms with Crippen LogP contribution in [0.2, 0.25) is 0 Å². The number of anilines is 2. The van der Waals surface area contributed by atoms with E-state index in [2.05, 4.69) is 41.1 Å². The van der Waals surface area contributed by atoms with Gasteiger partial charge < -0.3 is 10.3 Å². The number of nitrogens with two attached hydrogens (primary N) is 1. The lowest BCUT2D eigenvalue weighted by molar-refractivity contribution is 0.613. The number of nitrogens with one attached hydrogen (secondary N) is 1. The molecule has 0 aliphatic carbocycles. The minimum Gasteiger partial charge on any atom is -0.356 e. The van der Waals surface area contributed by atoms with Crippen molar-refractivity contribution < 1.29 is 0 Å². The van der Waals surface area contributed by atoms with E-state index in [1.807, 2.05) is 6.92 Å². The van der Waals surface area contributed by atoms with Crippen molar-refractivity contribution >= 4 is 11.6 Å². The molecule has 0 saturated carbocycles. The molecular weight excluding hydrogens is 202 g/mol. The Bertz CT molecular complexity index is 337. The molecule has 0 spiro atoms. The summed E-state index contributed by atoms with van der Waals surface area (Å²) in [7, 11) is 0. The molecule has 0 atom stereocenters. The van der Waals surface area contributed by atoms with Crippen LogP contribution >= 0.6 is 0 Å². The Labute approximate surface area is 97.0 Å². The second kappa shape index (κ2) is 5.65. The number of nitrogens with zero attached hydrogens (tertiary/aromatic N) is 3. The van der Waals surface area contributed by atoms with Gasteiger partial charge in [-0.25, -0.2) is 15.8 Å². The lowest BCUT2D eigenvalue weighted by atomic mass is 10.2. The van der Waals surface area contributed by atoms with Crippen molar-refractivity contribution in [2.75, 3.05) is 23.4 Å². The van der Waals surface area contributed by atoms with Gasteiger partial charge in [0, 0.05) is 18.7 Å². The van der Waals surface area contributed by atoms with Gasteiger partial charge in [-0.2, -0.15) is 0 Å². The number of hydrogen-bond acceptors (Lipinski definition) is 5. The van der Waals surface area contributed by atoms with Crippen LogP contribution in [0.15, 0.2) is 6.33 Å². The molecule has 0 unspecified atom stereocenters. The number of rotatable bonds is 5. The molecule has 0 aliphatic heterocycles. The van der Waals surface area contributed by atoms with Crippen LogP contribution in [-0.2, 0) is 0 Å². The summed E-state index contributed by atoms with van der Waals surface area (Å²) in [6.07, 6.45) is 1.54. The van der Waals surface area contributed by atoms with Crippen molar-refractivity contribution in [2.45, 2.75) is 27.7 Å². The van der Waals surface area contributed by atoms with Crippen LogP contribution in [0.5, 0.6) is 0 Å². The van der Waals surface area contributed by atoms with Gasteiger partial charge in [0.25, 0.3) is 0 Å². The van der Waals surface area contributed by atoms with Crippen LogP contribution in [-0.4, -0.2) is 23.1 Å². The Morgan fingerprint density at radius 1 is 1.44 bits per heavy atom. The van der Waals surface area contributed by atoms with Crippen molar-refractivity contribution in [3.8, 4) is 0 Å². The van der Waals surface area contributed by atoms with Gasteiger partial charge in [-0.05, 0) is 19.8 Å². The molecule has 0 aliphatic rings. The maximum atomic E-state index is 5.40. The van der Waals surface area contributed by atoms with Gasteiger partial charge in [0.15, 0.2) is 0 Å². The van der Waals surface area contributed by atoms with Crippen molar-refractivity contribution in [1.82, 2.24) is 9.97 Å². The molecule has 0 amide bonds. The summed E-state index contributed by atoms with van der Waals surface area (Å²) < 4.78 is 0. The molecule has 0 aromatic carbocycles. The Kier molecular flexibility index (Phi) is 4.49. The first-order valence-corrected chi connectivity index (χ1v) is 5.63. The van der Waals surface area contributed by atoms with Crippen LogP contribution in [0.25, 0.3) is 0 Å². The summed E-state index contributed by atoms with van der Waals surface area (Å²) in [6.45, 7) is 10.4. The topological polar surface area (TPSA) is 67.1 Å². The monoisotopic (exact) mass is 223 g/mol. The number of hydrogen-bond donors (Lipinski definition) is 2. The van der Waals surface area contributed by atoms with Gasteiger partial charge >= 0.3 is 0 Å². The quantitative estimate of drug-likeness (QED) is 0.585. The molecule has 1 rings (SSSR count). The van der Waals surface area contributed by atoms with Crippen LogP contribution < -0.4 is 16.2 Å². The summed E-state index contributed by atoms with van der Waals surface area (Å²) in [4.78, 5) is 10.6. The van der Waals surface area contributed by atoms with Crippen LogP contribution in [0.3, 0.4) is 0 Å². The molecule has 0 bridgehead atoms. The summed E-state index contributed by atoms with van der Waals surface area (Å²) in [6, 6.07) is 0. The highest BCUT2D eigenvalue weighted by atomic mass is 15.3. The second-order valence-electron chi connectivity index (χ2n) is 4.25. The Morgan fingerprint density at radius 3 is 2.62 bits per heavy atom. The molecule has 5 nitrogen and oxygen atoms in total. The molecule has 0 saturated heterocycles. The highest BCUT2D eigenvalue weighted by molar-refractivity contribution is 5.57. The molecule has 1 aromatic rings. The smallest absolute Gasteiger partial charge is 0.148 e. The minimum absolute atomic E-state index is 0.601. The average molecular weight is 223 g/mol. The molecule has 5 heteroatoms. The molecule has 3 N–H and O–H groups in total. The van der Waals surface area contributed by atoms with E-state index >= 15 is 0 Å². The second-order valence-corrected chi connectivity index (χ2v) is 4.25. The van der Waals surface area contributed by atoms with Gasteiger partial charge in [-0.1, -0.05) is 13.8 Å². The van der Waals surface area contributed by atoms with Crippen molar-refractivity contribution in [3.05, 3.63) is 11.9 Å². The first-order valence-electron chi connectivity index (χ1n) is 5.63. The number of hydrazine groups is 1. The molecule has 1 aromatic heterocycles. The zero-order valence-electron chi connectivity index (χ0n) is 10.5. The van der Waals surface area contributed by atoms with Gasteiger partial charge in [-0.15, -0.1) is 0 Å². The third-order valence-corrected chi connectivity index (χ3v) is 2.46. The largest absolute Gasteiger partial charge is 0.356 e. The zero-order chi connectivity index (χ0) is 12.1. The van der Waals surface area contributed by atoms with E-state index in [4.69, 9.17) is 5.84 Å². The Morgan fingerprint density at radius 2 is 2.12 bits per heavy atom. The molecular formula is C11H21N5. The van der Waals surface area contributed by atoms with Crippen molar-refractivity contribution in [1.29, 1.82) is 0 Å². The zero-order valence-corrected chi connectivity index (χ0v) is 10.5. The van der Waals surface area contributed by atoms with Gasteiger partial charge in [0.05, 0.1) is 0 Å². The van der Waals surface area contributed by atoms with Gasteiger partial charge in [0.2, 0.25) is 0 Å². The van der Waals surface area contributed by atoms with Crippen LogP contribution in [0.4, 0.5) is 11.6 Å². The fourth-order valence-electron chi connectivity index (χ4n) is 1.71. The molecule has 0 radical (unpaired) electrons. The number of aromatic nitrogens is 2. The van der Waals surface area contributed by atoms with E-state index in [9.17, 15) is 0 Å². The fraction of sp³-hybridized carbons (Fsp3) is 0.636. The molecule has 16 heavy (non-hydrogen) atoms. The SMILES string of the molecule is CCN(CC(C)C)c1ncnc(NN)c1C. The predicted molar refractivity (Wildman–Crippen MR) is 67.3 cm³/mol. The summed E-state index contributed by atoms with van der Waals surface area (Å²) >= 11 is 0. The van der Waals surface area contributed by atoms with E-state index in [0.29, 0.717) is 11.7 Å². The third kappa shape index (κ3) is 2.82. The maximum absolute atomic E-state index is 5.40. The third-order valence-electron chi connectivity index (χ3n) is 2.46. The Balaban J connectivity index is 3.00. The molecule has 1 heterocycles. The van der Waals surface area contributed by atoms with Crippen molar-refractivity contribution in [2.24, 2.45) is 11.8 Å². The summed E-state index contributed by atoms with van der Waals surface area (Å²) in [5.41, 5.74) is 3.58. The summed E-state index contributed by atoms with van der Waals surface area (Å²) in [5, 5.41) is 0. The van der Waals surface area contributed by atoms with Gasteiger partial charge in [-0.3, -0.25) is 0 Å². The van der Waals surface area contributed by atoms with E-state index < -0.39 is 0 Å². The van der Waals surface area contributed by atoms with E-state index in [1.165, 1.54) is 0 Å². The standard InChI is InChI=1S/C11H21N5/c1-5-16(6-8(2)3)11-9(4)10(15-12)13-7-14-11/h7-8H,5-6,12H2,1-4H3,(H,13,14,15). The normalized spacial score (nSPS) is 10.6. The lowest BCUT2D eigenvalue weighted by Crippen LogP contribution is -2.29. The van der Waals surface area contributed by atoms with Gasteiger partial charge in [0.1, 0.15) is 18.0 Å². The van der Waals surface area contributed by atoms with E-state index in [0.717, 1.165) is 24.5 Å². The van der Waals surface area contributed by atoms with Crippen LogP contribution in [0.1, 0.15) is 26.3 Å². The first kappa shape index (κ1) is 12.7.